The molecule has 0 saturated heterocycles. The van der Waals surface area contributed by atoms with Crippen LogP contribution in [0.4, 0.5) is 0 Å². The average molecular weight is 178 g/mol. The number of hydrogen-bond donors (Lipinski definition) is 1. The van der Waals surface area contributed by atoms with Gasteiger partial charge in [-0.1, -0.05) is 28.9 Å². The van der Waals surface area contributed by atoms with E-state index in [1.54, 1.807) is 18.2 Å². The molecular weight excluding hydrogens is 173 g/mol. The number of rotatable bonds is 0. The number of oxime groups is 1. The highest BCUT2D eigenvalue weighted by molar-refractivity contribution is 6.50. The lowest BCUT2D eigenvalue weighted by atomic mass is 10.1. The largest absolute Gasteiger partial charge is 0.411 e. The summed E-state index contributed by atoms with van der Waals surface area (Å²) in [6.45, 7) is 0. The first-order chi connectivity index (χ1) is 4.75. The molecule has 1 aliphatic rings. The summed E-state index contributed by atoms with van der Waals surface area (Å²) < 4.78 is 0. The Bertz CT molecular complexity index is 220. The molecule has 10 heavy (non-hydrogen) atoms. The number of alkyl halides is 1. The van der Waals surface area contributed by atoms with Gasteiger partial charge in [-0.2, -0.15) is 0 Å². The number of nitrogens with zero attached hydrogens (tertiary/aromatic N) is 1. The molecule has 0 saturated carbocycles. The third-order valence-corrected chi connectivity index (χ3v) is 1.81. The van der Waals surface area contributed by atoms with Crippen LogP contribution in [-0.2, 0) is 0 Å². The van der Waals surface area contributed by atoms with E-state index >= 15 is 0 Å². The Balaban J connectivity index is 2.93. The van der Waals surface area contributed by atoms with Crippen molar-refractivity contribution in [1.82, 2.24) is 0 Å². The second-order valence-corrected chi connectivity index (χ2v) is 2.66. The standard InChI is InChI=1S/C6H5Cl2NO/c7-4-2-1-3-5(8)6(4)9-10/h1-4,10H. The molecule has 1 aliphatic carbocycles. The van der Waals surface area contributed by atoms with Gasteiger partial charge >= 0.3 is 0 Å². The van der Waals surface area contributed by atoms with Gasteiger partial charge in [-0.3, -0.25) is 0 Å². The smallest absolute Gasteiger partial charge is 0.120 e. The Morgan fingerprint density at radius 2 is 2.30 bits per heavy atom. The maximum Gasteiger partial charge on any atom is 0.120 e. The Morgan fingerprint density at radius 3 is 2.70 bits per heavy atom. The van der Waals surface area contributed by atoms with Crippen LogP contribution in [0.2, 0.25) is 0 Å². The molecule has 1 rings (SSSR count). The van der Waals surface area contributed by atoms with Crippen molar-refractivity contribution in [3.05, 3.63) is 23.3 Å². The highest BCUT2D eigenvalue weighted by atomic mass is 35.5. The van der Waals surface area contributed by atoms with Gasteiger partial charge in [-0.25, -0.2) is 0 Å². The van der Waals surface area contributed by atoms with Gasteiger partial charge in [-0.05, 0) is 6.08 Å². The van der Waals surface area contributed by atoms with Crippen LogP contribution >= 0.6 is 23.2 Å². The van der Waals surface area contributed by atoms with E-state index in [0.29, 0.717) is 10.7 Å². The molecule has 0 fully saturated rings. The molecule has 0 aromatic heterocycles. The summed E-state index contributed by atoms with van der Waals surface area (Å²) in [7, 11) is 0. The average Bonchev–Trinajstić information content (AvgIpc) is 1.88. The summed E-state index contributed by atoms with van der Waals surface area (Å²) in [5, 5.41) is 11.3. The molecule has 0 spiro atoms. The van der Waals surface area contributed by atoms with Crippen molar-refractivity contribution in [3.63, 3.8) is 0 Å². The fourth-order valence-electron chi connectivity index (χ4n) is 0.649. The van der Waals surface area contributed by atoms with E-state index in [9.17, 15) is 0 Å². The number of halogens is 2. The molecule has 0 aromatic rings. The van der Waals surface area contributed by atoms with Crippen molar-refractivity contribution in [2.75, 3.05) is 0 Å². The Hall–Kier alpha value is -0.470. The summed E-state index contributed by atoms with van der Waals surface area (Å²) in [4.78, 5) is 0. The van der Waals surface area contributed by atoms with E-state index < -0.39 is 5.38 Å². The van der Waals surface area contributed by atoms with Crippen LogP contribution in [-0.4, -0.2) is 16.3 Å². The summed E-state index contributed by atoms with van der Waals surface area (Å²) in [6.07, 6.45) is 5.02. The normalized spacial score (nSPS) is 28.8. The Labute approximate surface area is 68.4 Å². The van der Waals surface area contributed by atoms with Crippen LogP contribution in [0.5, 0.6) is 0 Å². The van der Waals surface area contributed by atoms with E-state index in [-0.39, 0.29) is 0 Å². The van der Waals surface area contributed by atoms with Crippen LogP contribution in [0.25, 0.3) is 0 Å². The highest BCUT2D eigenvalue weighted by Gasteiger charge is 2.16. The quantitative estimate of drug-likeness (QED) is 0.344. The third-order valence-electron chi connectivity index (χ3n) is 1.14. The summed E-state index contributed by atoms with van der Waals surface area (Å²) in [5.41, 5.74) is 0.297. The highest BCUT2D eigenvalue weighted by Crippen LogP contribution is 2.17. The van der Waals surface area contributed by atoms with Crippen LogP contribution in [0, 0.1) is 0 Å². The van der Waals surface area contributed by atoms with Crippen LogP contribution in [0.3, 0.4) is 0 Å². The lowest BCUT2D eigenvalue weighted by Crippen LogP contribution is -2.14. The third kappa shape index (κ3) is 1.33. The van der Waals surface area contributed by atoms with Crippen molar-refractivity contribution in [1.29, 1.82) is 0 Å². The molecule has 1 unspecified atom stereocenters. The summed E-state index contributed by atoms with van der Waals surface area (Å²) in [5.74, 6) is 0. The topological polar surface area (TPSA) is 32.6 Å². The Morgan fingerprint density at radius 1 is 1.60 bits per heavy atom. The van der Waals surface area contributed by atoms with Crippen molar-refractivity contribution in [2.24, 2.45) is 5.16 Å². The van der Waals surface area contributed by atoms with Crippen molar-refractivity contribution < 1.29 is 5.21 Å². The lowest BCUT2D eigenvalue weighted by Gasteiger charge is -2.08. The maximum absolute atomic E-state index is 8.38. The van der Waals surface area contributed by atoms with Gasteiger partial charge in [0.25, 0.3) is 0 Å². The van der Waals surface area contributed by atoms with E-state index in [1.165, 1.54) is 0 Å². The number of allylic oxidation sites excluding steroid dienone is 4. The van der Waals surface area contributed by atoms with Crippen molar-refractivity contribution in [2.45, 2.75) is 5.38 Å². The first kappa shape index (κ1) is 7.63. The lowest BCUT2D eigenvalue weighted by molar-refractivity contribution is 0.318. The first-order valence-electron chi connectivity index (χ1n) is 2.66. The molecule has 0 aromatic carbocycles. The van der Waals surface area contributed by atoms with Gasteiger partial charge in [0.1, 0.15) is 5.71 Å². The first-order valence-corrected chi connectivity index (χ1v) is 3.47. The van der Waals surface area contributed by atoms with Crippen LogP contribution in [0.1, 0.15) is 0 Å². The van der Waals surface area contributed by atoms with Crippen LogP contribution < -0.4 is 0 Å². The second-order valence-electron chi connectivity index (χ2n) is 1.79. The van der Waals surface area contributed by atoms with Gasteiger partial charge in [-0.15, -0.1) is 11.6 Å². The molecular formula is C6H5Cl2NO. The zero-order valence-electron chi connectivity index (χ0n) is 4.96. The molecule has 54 valence electrons. The molecule has 4 heteroatoms. The fraction of sp³-hybridized carbons (Fsp3) is 0.167. The van der Waals surface area contributed by atoms with Gasteiger partial charge in [0.05, 0.1) is 10.4 Å². The predicted octanol–water partition coefficient (Wildman–Crippen LogP) is 2.12. The van der Waals surface area contributed by atoms with Crippen molar-refractivity contribution in [3.8, 4) is 0 Å². The molecule has 1 N–H and O–H groups in total. The van der Waals surface area contributed by atoms with E-state index in [2.05, 4.69) is 5.16 Å². The predicted molar refractivity (Wildman–Crippen MR) is 41.9 cm³/mol. The molecule has 0 heterocycles. The van der Waals surface area contributed by atoms with Gasteiger partial charge in [0.15, 0.2) is 0 Å². The summed E-state index contributed by atoms with van der Waals surface area (Å²) in [6, 6.07) is 0. The monoisotopic (exact) mass is 177 g/mol. The minimum Gasteiger partial charge on any atom is -0.411 e. The molecule has 2 nitrogen and oxygen atoms in total. The maximum atomic E-state index is 8.38. The minimum absolute atomic E-state index is 0.297. The molecule has 0 radical (unpaired) electrons. The van der Waals surface area contributed by atoms with Gasteiger partial charge in [0.2, 0.25) is 0 Å². The SMILES string of the molecule is ON=C1C(Cl)=CC=CC1Cl. The zero-order valence-corrected chi connectivity index (χ0v) is 6.47. The van der Waals surface area contributed by atoms with Crippen molar-refractivity contribution >= 4 is 28.9 Å². The van der Waals surface area contributed by atoms with E-state index in [0.717, 1.165) is 0 Å². The minimum atomic E-state index is -0.414. The van der Waals surface area contributed by atoms with E-state index in [1.807, 2.05) is 0 Å². The van der Waals surface area contributed by atoms with E-state index in [4.69, 9.17) is 28.4 Å². The second kappa shape index (κ2) is 3.08. The summed E-state index contributed by atoms with van der Waals surface area (Å²) >= 11 is 11.3. The molecule has 0 bridgehead atoms. The Kier molecular flexibility index (Phi) is 2.35. The fourth-order valence-corrected chi connectivity index (χ4v) is 1.18. The molecule has 0 aliphatic heterocycles. The molecule has 1 atom stereocenters. The zero-order chi connectivity index (χ0) is 7.56. The molecule has 0 amide bonds. The van der Waals surface area contributed by atoms with Gasteiger partial charge in [0, 0.05) is 0 Å². The van der Waals surface area contributed by atoms with Crippen LogP contribution in [0.15, 0.2) is 28.4 Å². The number of hydrogen-bond acceptors (Lipinski definition) is 2. The van der Waals surface area contributed by atoms with Gasteiger partial charge < -0.3 is 5.21 Å².